The largest absolute Gasteiger partial charge is 0.350 e. The summed E-state index contributed by atoms with van der Waals surface area (Å²) >= 11 is 0. The molecule has 0 aliphatic carbocycles. The molecule has 0 heterocycles. The average molecular weight is 463 g/mol. The Bertz CT molecular complexity index is 1220. The van der Waals surface area contributed by atoms with Crippen LogP contribution in [0.5, 0.6) is 0 Å². The van der Waals surface area contributed by atoms with Crippen LogP contribution in [0.2, 0.25) is 0 Å². The number of hydrogen-bond acceptors (Lipinski definition) is 2. The highest BCUT2D eigenvalue weighted by Gasteiger charge is 2.31. The van der Waals surface area contributed by atoms with Crippen molar-refractivity contribution in [2.45, 2.75) is 32.5 Å². The Balaban J connectivity index is 1.65. The fourth-order valence-electron chi connectivity index (χ4n) is 4.08. The van der Waals surface area contributed by atoms with Gasteiger partial charge in [-0.15, -0.1) is 0 Å². The molecule has 2 amide bonds. The molecule has 0 spiro atoms. The minimum atomic E-state index is -0.752. The zero-order chi connectivity index (χ0) is 24.5. The van der Waals surface area contributed by atoms with E-state index in [0.717, 1.165) is 22.3 Å². The van der Waals surface area contributed by atoms with Crippen molar-refractivity contribution in [2.24, 2.45) is 0 Å². The van der Waals surface area contributed by atoms with E-state index in [9.17, 15) is 9.59 Å². The average Bonchev–Trinajstić information content (AvgIpc) is 2.90. The Hall–Kier alpha value is -4.18. The molecule has 176 valence electrons. The van der Waals surface area contributed by atoms with E-state index in [2.05, 4.69) is 5.32 Å². The van der Waals surface area contributed by atoms with Crippen LogP contribution < -0.4 is 5.32 Å². The van der Waals surface area contributed by atoms with Gasteiger partial charge in [0, 0.05) is 13.1 Å². The van der Waals surface area contributed by atoms with Crippen LogP contribution in [0.4, 0.5) is 0 Å². The molecule has 0 radical (unpaired) electrons. The second-order valence-electron chi connectivity index (χ2n) is 8.69. The van der Waals surface area contributed by atoms with Crippen molar-refractivity contribution in [3.63, 3.8) is 0 Å². The van der Waals surface area contributed by atoms with Crippen molar-refractivity contribution in [1.82, 2.24) is 10.2 Å². The van der Waals surface area contributed by atoms with E-state index in [4.69, 9.17) is 0 Å². The number of rotatable bonds is 9. The first-order valence-corrected chi connectivity index (χ1v) is 11.9. The molecule has 0 aromatic heterocycles. The topological polar surface area (TPSA) is 49.4 Å². The summed E-state index contributed by atoms with van der Waals surface area (Å²) in [7, 11) is 0. The molecule has 0 saturated carbocycles. The van der Waals surface area contributed by atoms with E-state index in [1.807, 2.05) is 122 Å². The zero-order valence-corrected chi connectivity index (χ0v) is 19.9. The van der Waals surface area contributed by atoms with Crippen molar-refractivity contribution in [3.05, 3.63) is 143 Å². The molecular formula is C31H30N2O2. The Morgan fingerprint density at radius 2 is 1.23 bits per heavy atom. The van der Waals surface area contributed by atoms with Crippen LogP contribution in [-0.2, 0) is 29.1 Å². The smallest absolute Gasteiger partial charge is 0.247 e. The molecule has 0 aliphatic heterocycles. The number of carbonyl (C=O) groups is 2. The molecule has 4 heteroatoms. The Morgan fingerprint density at radius 1 is 0.686 bits per heavy atom. The molecule has 1 N–H and O–H groups in total. The third-order valence-corrected chi connectivity index (χ3v) is 5.98. The molecule has 1 atom stereocenters. The number of carbonyl (C=O) groups excluding carboxylic acids is 2. The summed E-state index contributed by atoms with van der Waals surface area (Å²) in [6.45, 7) is 2.77. The van der Waals surface area contributed by atoms with Crippen LogP contribution in [0.3, 0.4) is 0 Å². The Labute approximate surface area is 207 Å². The lowest BCUT2D eigenvalue weighted by Gasteiger charge is -2.32. The van der Waals surface area contributed by atoms with Gasteiger partial charge in [-0.1, -0.05) is 121 Å². The standard InChI is InChI=1S/C31H30N2O2/c1-24-17-19-26(20-18-24)22-32-31(35)30(28-15-9-4-10-16-28)33(23-27-13-7-3-8-14-27)29(34)21-25-11-5-2-6-12-25/h2-20,30H,21-23H2,1H3,(H,32,35). The van der Waals surface area contributed by atoms with Gasteiger partial charge >= 0.3 is 0 Å². The second-order valence-corrected chi connectivity index (χ2v) is 8.69. The van der Waals surface area contributed by atoms with Gasteiger partial charge in [-0.05, 0) is 29.2 Å². The third-order valence-electron chi connectivity index (χ3n) is 5.98. The first-order chi connectivity index (χ1) is 17.1. The maximum atomic E-state index is 13.7. The molecule has 0 aliphatic rings. The maximum Gasteiger partial charge on any atom is 0.247 e. The number of aryl methyl sites for hydroxylation is 1. The monoisotopic (exact) mass is 462 g/mol. The summed E-state index contributed by atoms with van der Waals surface area (Å²) in [5, 5.41) is 3.07. The molecule has 0 bridgehead atoms. The maximum absolute atomic E-state index is 13.7. The highest BCUT2D eigenvalue weighted by Crippen LogP contribution is 2.25. The van der Waals surface area contributed by atoms with Crippen LogP contribution in [0.25, 0.3) is 0 Å². The first kappa shape index (κ1) is 24.0. The van der Waals surface area contributed by atoms with Gasteiger partial charge in [0.1, 0.15) is 6.04 Å². The molecule has 4 aromatic carbocycles. The highest BCUT2D eigenvalue weighted by atomic mass is 16.2. The lowest BCUT2D eigenvalue weighted by molar-refractivity contribution is -0.141. The van der Waals surface area contributed by atoms with Gasteiger partial charge in [0.05, 0.1) is 6.42 Å². The number of benzene rings is 4. The van der Waals surface area contributed by atoms with Crippen LogP contribution in [-0.4, -0.2) is 16.7 Å². The van der Waals surface area contributed by atoms with Crippen molar-refractivity contribution in [1.29, 1.82) is 0 Å². The Kier molecular flexibility index (Phi) is 8.08. The van der Waals surface area contributed by atoms with Crippen molar-refractivity contribution in [2.75, 3.05) is 0 Å². The molecule has 4 nitrogen and oxygen atoms in total. The molecule has 35 heavy (non-hydrogen) atoms. The van der Waals surface area contributed by atoms with E-state index in [1.54, 1.807) is 4.90 Å². The van der Waals surface area contributed by atoms with Gasteiger partial charge in [-0.3, -0.25) is 9.59 Å². The number of amides is 2. The van der Waals surface area contributed by atoms with Crippen LogP contribution in [0.15, 0.2) is 115 Å². The lowest BCUT2D eigenvalue weighted by Crippen LogP contribution is -2.43. The van der Waals surface area contributed by atoms with Crippen LogP contribution >= 0.6 is 0 Å². The molecule has 0 fully saturated rings. The quantitative estimate of drug-likeness (QED) is 0.351. The molecule has 1 unspecified atom stereocenters. The third kappa shape index (κ3) is 6.67. The summed E-state index contributed by atoms with van der Waals surface area (Å²) in [5.74, 6) is -0.298. The molecule has 4 rings (SSSR count). The molecular weight excluding hydrogens is 432 g/mol. The van der Waals surface area contributed by atoms with Gasteiger partial charge in [0.15, 0.2) is 0 Å². The molecule has 4 aromatic rings. The van der Waals surface area contributed by atoms with E-state index in [0.29, 0.717) is 13.1 Å². The fourth-order valence-corrected chi connectivity index (χ4v) is 4.08. The van der Waals surface area contributed by atoms with Gasteiger partial charge in [0.25, 0.3) is 0 Å². The fraction of sp³-hybridized carbons (Fsp3) is 0.161. The van der Waals surface area contributed by atoms with Gasteiger partial charge in [0.2, 0.25) is 11.8 Å². The van der Waals surface area contributed by atoms with Crippen molar-refractivity contribution in [3.8, 4) is 0 Å². The Morgan fingerprint density at radius 3 is 1.83 bits per heavy atom. The predicted octanol–water partition coefficient (Wildman–Crippen LogP) is 5.62. The number of nitrogens with zero attached hydrogens (tertiary/aromatic N) is 1. The lowest BCUT2D eigenvalue weighted by atomic mass is 10.0. The van der Waals surface area contributed by atoms with E-state index >= 15 is 0 Å². The number of hydrogen-bond donors (Lipinski definition) is 1. The summed E-state index contributed by atoms with van der Waals surface area (Å²) in [4.78, 5) is 29.1. The normalized spacial score (nSPS) is 11.5. The van der Waals surface area contributed by atoms with Crippen molar-refractivity contribution >= 4 is 11.8 Å². The van der Waals surface area contributed by atoms with E-state index in [1.165, 1.54) is 5.56 Å². The first-order valence-electron chi connectivity index (χ1n) is 11.9. The van der Waals surface area contributed by atoms with E-state index < -0.39 is 6.04 Å². The van der Waals surface area contributed by atoms with Gasteiger partial charge in [-0.25, -0.2) is 0 Å². The molecule has 0 saturated heterocycles. The van der Waals surface area contributed by atoms with Gasteiger partial charge in [-0.2, -0.15) is 0 Å². The summed E-state index contributed by atoms with van der Waals surface area (Å²) in [6.07, 6.45) is 0.224. The second kappa shape index (κ2) is 11.8. The van der Waals surface area contributed by atoms with Crippen LogP contribution in [0, 0.1) is 6.92 Å². The van der Waals surface area contributed by atoms with E-state index in [-0.39, 0.29) is 18.2 Å². The minimum absolute atomic E-state index is 0.0978. The summed E-state index contributed by atoms with van der Waals surface area (Å²) < 4.78 is 0. The number of nitrogens with one attached hydrogen (secondary N) is 1. The summed E-state index contributed by atoms with van der Waals surface area (Å²) in [6, 6.07) is 36.3. The van der Waals surface area contributed by atoms with Crippen LogP contribution in [0.1, 0.15) is 33.9 Å². The minimum Gasteiger partial charge on any atom is -0.350 e. The van der Waals surface area contributed by atoms with Gasteiger partial charge < -0.3 is 10.2 Å². The van der Waals surface area contributed by atoms with Crippen molar-refractivity contribution < 1.29 is 9.59 Å². The predicted molar refractivity (Wildman–Crippen MR) is 139 cm³/mol. The summed E-state index contributed by atoms with van der Waals surface area (Å²) in [5.41, 5.74) is 4.86. The highest BCUT2D eigenvalue weighted by molar-refractivity contribution is 5.89. The SMILES string of the molecule is Cc1ccc(CNC(=O)C(c2ccccc2)N(Cc2ccccc2)C(=O)Cc2ccccc2)cc1. The zero-order valence-electron chi connectivity index (χ0n) is 19.9.